The van der Waals surface area contributed by atoms with E-state index in [9.17, 15) is 14.4 Å². The Hall–Kier alpha value is -3.55. The average molecular weight is 412 g/mol. The molecule has 0 saturated carbocycles. The standard InChI is InChI=1S/C22H24N2O6/c1-23-22(27)19-14-24(17-10-5-6-11-18(17)30-19)20(25)15-29-21(26)12-7-13-28-16-8-3-2-4-9-16/h2-6,8-11,19H,7,12-15H2,1H3,(H,23,27). The van der Waals surface area contributed by atoms with E-state index in [4.69, 9.17) is 14.2 Å². The maximum absolute atomic E-state index is 12.7. The highest BCUT2D eigenvalue weighted by Gasteiger charge is 2.33. The van der Waals surface area contributed by atoms with E-state index in [1.807, 2.05) is 30.3 Å². The molecule has 1 unspecified atom stereocenters. The molecular formula is C22H24N2O6. The van der Waals surface area contributed by atoms with Crippen LogP contribution >= 0.6 is 0 Å². The van der Waals surface area contributed by atoms with Gasteiger partial charge in [-0.1, -0.05) is 30.3 Å². The van der Waals surface area contributed by atoms with Crippen molar-refractivity contribution in [2.24, 2.45) is 0 Å². The summed E-state index contributed by atoms with van der Waals surface area (Å²) in [5.41, 5.74) is 0.537. The van der Waals surface area contributed by atoms with Crippen LogP contribution in [0.5, 0.6) is 11.5 Å². The summed E-state index contributed by atoms with van der Waals surface area (Å²) in [4.78, 5) is 38.0. The normalized spacial score (nSPS) is 14.8. The summed E-state index contributed by atoms with van der Waals surface area (Å²) in [6.07, 6.45) is -0.221. The van der Waals surface area contributed by atoms with Crippen molar-refractivity contribution < 1.29 is 28.6 Å². The number of anilines is 1. The van der Waals surface area contributed by atoms with Crippen LogP contribution in [0.2, 0.25) is 0 Å². The third-order valence-corrected chi connectivity index (χ3v) is 4.51. The van der Waals surface area contributed by atoms with Gasteiger partial charge < -0.3 is 24.4 Å². The molecule has 30 heavy (non-hydrogen) atoms. The van der Waals surface area contributed by atoms with Crippen LogP contribution < -0.4 is 19.7 Å². The Morgan fingerprint density at radius 3 is 2.60 bits per heavy atom. The Morgan fingerprint density at radius 2 is 1.83 bits per heavy atom. The maximum atomic E-state index is 12.7. The molecule has 1 atom stereocenters. The number of likely N-dealkylation sites (N-methyl/N-ethyl adjacent to an activating group) is 1. The molecule has 1 aliphatic rings. The van der Waals surface area contributed by atoms with Gasteiger partial charge in [-0.2, -0.15) is 0 Å². The summed E-state index contributed by atoms with van der Waals surface area (Å²) >= 11 is 0. The van der Waals surface area contributed by atoms with Gasteiger partial charge in [-0.15, -0.1) is 0 Å². The summed E-state index contributed by atoms with van der Waals surface area (Å²) in [6, 6.07) is 16.2. The van der Waals surface area contributed by atoms with Gasteiger partial charge >= 0.3 is 5.97 Å². The van der Waals surface area contributed by atoms with Crippen molar-refractivity contribution in [1.82, 2.24) is 5.32 Å². The van der Waals surface area contributed by atoms with Gasteiger partial charge in [0.05, 0.1) is 18.8 Å². The molecule has 0 fully saturated rings. The fourth-order valence-electron chi connectivity index (χ4n) is 2.98. The molecule has 2 aromatic carbocycles. The van der Waals surface area contributed by atoms with Gasteiger partial charge in [0.25, 0.3) is 11.8 Å². The van der Waals surface area contributed by atoms with E-state index in [0.717, 1.165) is 5.75 Å². The van der Waals surface area contributed by atoms with E-state index in [-0.39, 0.29) is 18.9 Å². The van der Waals surface area contributed by atoms with Crippen LogP contribution in [0.4, 0.5) is 5.69 Å². The molecule has 0 aromatic heterocycles. The summed E-state index contributed by atoms with van der Waals surface area (Å²) in [5.74, 6) is -0.0801. The lowest BCUT2D eigenvalue weighted by molar-refractivity contribution is -0.148. The van der Waals surface area contributed by atoms with Crippen LogP contribution in [0.1, 0.15) is 12.8 Å². The van der Waals surface area contributed by atoms with Crippen molar-refractivity contribution in [2.75, 3.05) is 31.7 Å². The number of hydrogen-bond donors (Lipinski definition) is 1. The van der Waals surface area contributed by atoms with Crippen LogP contribution in [-0.2, 0) is 19.1 Å². The van der Waals surface area contributed by atoms with Gasteiger partial charge in [0, 0.05) is 13.5 Å². The van der Waals surface area contributed by atoms with E-state index in [1.165, 1.54) is 11.9 Å². The first kappa shape index (κ1) is 21.2. The molecule has 1 aliphatic heterocycles. The first-order chi connectivity index (χ1) is 14.6. The van der Waals surface area contributed by atoms with Gasteiger partial charge in [0.2, 0.25) is 0 Å². The van der Waals surface area contributed by atoms with Gasteiger partial charge in [0.1, 0.15) is 11.5 Å². The van der Waals surface area contributed by atoms with Crippen molar-refractivity contribution >= 4 is 23.5 Å². The van der Waals surface area contributed by atoms with Crippen molar-refractivity contribution in [3.63, 3.8) is 0 Å². The Labute approximate surface area is 174 Å². The molecule has 2 aromatic rings. The van der Waals surface area contributed by atoms with Crippen molar-refractivity contribution in [1.29, 1.82) is 0 Å². The fourth-order valence-corrected chi connectivity index (χ4v) is 2.98. The number of benzene rings is 2. The highest BCUT2D eigenvalue weighted by atomic mass is 16.5. The second-order valence-corrected chi connectivity index (χ2v) is 6.62. The zero-order valence-corrected chi connectivity index (χ0v) is 16.7. The molecule has 8 nitrogen and oxygen atoms in total. The second-order valence-electron chi connectivity index (χ2n) is 6.62. The van der Waals surface area contributed by atoms with E-state index < -0.39 is 24.6 Å². The van der Waals surface area contributed by atoms with Crippen molar-refractivity contribution in [3.8, 4) is 11.5 Å². The van der Waals surface area contributed by atoms with Gasteiger partial charge in [-0.05, 0) is 30.7 Å². The summed E-state index contributed by atoms with van der Waals surface area (Å²) in [7, 11) is 1.50. The zero-order valence-electron chi connectivity index (χ0n) is 16.7. The summed E-state index contributed by atoms with van der Waals surface area (Å²) in [6.45, 7) is 0.00285. The third-order valence-electron chi connectivity index (χ3n) is 4.51. The minimum Gasteiger partial charge on any atom is -0.494 e. The van der Waals surface area contributed by atoms with Gasteiger partial charge in [0.15, 0.2) is 12.7 Å². The highest BCUT2D eigenvalue weighted by Crippen LogP contribution is 2.33. The molecule has 0 bridgehead atoms. The number of hydrogen-bond acceptors (Lipinski definition) is 6. The van der Waals surface area contributed by atoms with Crippen LogP contribution in [0.25, 0.3) is 0 Å². The Morgan fingerprint density at radius 1 is 1.10 bits per heavy atom. The number of para-hydroxylation sites is 3. The minimum absolute atomic E-state index is 0.0397. The molecule has 2 amide bonds. The number of amides is 2. The molecule has 8 heteroatoms. The predicted molar refractivity (Wildman–Crippen MR) is 109 cm³/mol. The smallest absolute Gasteiger partial charge is 0.306 e. The van der Waals surface area contributed by atoms with E-state index >= 15 is 0 Å². The topological polar surface area (TPSA) is 94.2 Å². The quantitative estimate of drug-likeness (QED) is 0.526. The van der Waals surface area contributed by atoms with Crippen LogP contribution in [0.3, 0.4) is 0 Å². The summed E-state index contributed by atoms with van der Waals surface area (Å²) in [5, 5.41) is 2.52. The molecule has 3 rings (SSSR count). The molecular weight excluding hydrogens is 388 g/mol. The van der Waals surface area contributed by atoms with Crippen LogP contribution in [-0.4, -0.2) is 50.7 Å². The number of fused-ring (bicyclic) bond motifs is 1. The Balaban J connectivity index is 1.48. The first-order valence-electron chi connectivity index (χ1n) is 9.69. The van der Waals surface area contributed by atoms with Gasteiger partial charge in [-0.3, -0.25) is 14.4 Å². The highest BCUT2D eigenvalue weighted by molar-refractivity contribution is 5.98. The number of carbonyl (C=O) groups excluding carboxylic acids is 3. The molecule has 158 valence electrons. The third kappa shape index (κ3) is 5.50. The Kier molecular flexibility index (Phi) is 7.26. The number of ether oxygens (including phenoxy) is 3. The lowest BCUT2D eigenvalue weighted by Crippen LogP contribution is -2.51. The molecule has 1 N–H and O–H groups in total. The number of esters is 1. The van der Waals surface area contributed by atoms with E-state index in [0.29, 0.717) is 24.5 Å². The van der Waals surface area contributed by atoms with Crippen LogP contribution in [0, 0.1) is 0 Å². The van der Waals surface area contributed by atoms with E-state index in [2.05, 4.69) is 5.32 Å². The largest absolute Gasteiger partial charge is 0.494 e. The van der Waals surface area contributed by atoms with Crippen molar-refractivity contribution in [2.45, 2.75) is 18.9 Å². The molecule has 0 aliphatic carbocycles. The average Bonchev–Trinajstić information content (AvgIpc) is 2.79. The predicted octanol–water partition coefficient (Wildman–Crippen LogP) is 1.93. The zero-order chi connectivity index (χ0) is 21.3. The molecule has 0 spiro atoms. The molecule has 0 radical (unpaired) electrons. The number of carbonyl (C=O) groups is 3. The van der Waals surface area contributed by atoms with Gasteiger partial charge in [-0.25, -0.2) is 0 Å². The maximum Gasteiger partial charge on any atom is 0.306 e. The second kappa shape index (κ2) is 10.3. The first-order valence-corrected chi connectivity index (χ1v) is 9.69. The lowest BCUT2D eigenvalue weighted by atomic mass is 10.1. The summed E-state index contributed by atoms with van der Waals surface area (Å²) < 4.78 is 16.3. The number of nitrogens with one attached hydrogen (secondary N) is 1. The van der Waals surface area contributed by atoms with E-state index in [1.54, 1.807) is 24.3 Å². The minimum atomic E-state index is -0.834. The monoisotopic (exact) mass is 412 g/mol. The SMILES string of the molecule is CNC(=O)C1CN(C(=O)COC(=O)CCCOc2ccccc2)c2ccccc2O1. The number of nitrogens with zero attached hydrogens (tertiary/aromatic N) is 1. The fraction of sp³-hybridized carbons (Fsp3) is 0.318. The lowest BCUT2D eigenvalue weighted by Gasteiger charge is -2.33. The van der Waals surface area contributed by atoms with Crippen LogP contribution in [0.15, 0.2) is 54.6 Å². The molecule has 1 heterocycles. The number of rotatable bonds is 8. The van der Waals surface area contributed by atoms with Crippen molar-refractivity contribution in [3.05, 3.63) is 54.6 Å². The Bertz CT molecular complexity index is 886. The molecule has 0 saturated heterocycles.